The van der Waals surface area contributed by atoms with E-state index in [0.717, 1.165) is 52.3 Å². The summed E-state index contributed by atoms with van der Waals surface area (Å²) in [6, 6.07) is 9.85. The van der Waals surface area contributed by atoms with Gasteiger partial charge in [-0.3, -0.25) is 4.40 Å². The lowest BCUT2D eigenvalue weighted by atomic mass is 9.96. The number of amides is 2. The van der Waals surface area contributed by atoms with Crippen molar-refractivity contribution in [2.75, 3.05) is 25.4 Å². The van der Waals surface area contributed by atoms with Gasteiger partial charge in [-0.15, -0.1) is 0 Å². The predicted octanol–water partition coefficient (Wildman–Crippen LogP) is 4.84. The van der Waals surface area contributed by atoms with Gasteiger partial charge in [-0.1, -0.05) is 55.6 Å². The van der Waals surface area contributed by atoms with E-state index in [1.165, 1.54) is 0 Å². The molecule has 0 bridgehead atoms. The number of imidazole rings is 1. The van der Waals surface area contributed by atoms with Crippen LogP contribution in [0.3, 0.4) is 0 Å². The quantitative estimate of drug-likeness (QED) is 0.531. The number of allylic oxidation sites excluding steroid dienone is 5. The highest BCUT2D eigenvalue weighted by Crippen LogP contribution is 2.34. The second-order valence-corrected chi connectivity index (χ2v) is 9.21. The van der Waals surface area contributed by atoms with Crippen LogP contribution >= 0.6 is 0 Å². The normalized spacial score (nSPS) is 17.3. The van der Waals surface area contributed by atoms with Crippen molar-refractivity contribution in [2.24, 2.45) is 4.99 Å². The molecular weight excluding hydrogens is 462 g/mol. The molecule has 1 fully saturated rings. The Labute approximate surface area is 216 Å². The Morgan fingerprint density at radius 3 is 2.70 bits per heavy atom. The molecule has 1 aliphatic carbocycles. The van der Waals surface area contributed by atoms with Gasteiger partial charge in [0.05, 0.1) is 11.4 Å². The molecular formula is C29H31N7O. The van der Waals surface area contributed by atoms with Crippen LogP contribution in [0.15, 0.2) is 84.7 Å². The maximum Gasteiger partial charge on any atom is 0.317 e. The molecule has 1 aromatic carbocycles. The second kappa shape index (κ2) is 10.3. The highest BCUT2D eigenvalue weighted by atomic mass is 16.2. The van der Waals surface area contributed by atoms with Gasteiger partial charge in [0.25, 0.3) is 0 Å². The van der Waals surface area contributed by atoms with Gasteiger partial charge in [0.2, 0.25) is 0 Å². The molecule has 0 saturated carbocycles. The molecule has 2 aromatic heterocycles. The van der Waals surface area contributed by atoms with Gasteiger partial charge >= 0.3 is 6.03 Å². The van der Waals surface area contributed by atoms with Crippen molar-refractivity contribution in [3.63, 3.8) is 0 Å². The molecule has 8 nitrogen and oxygen atoms in total. The number of benzene rings is 1. The third kappa shape index (κ3) is 4.82. The van der Waals surface area contributed by atoms with Gasteiger partial charge in [0.1, 0.15) is 22.9 Å². The van der Waals surface area contributed by atoms with E-state index in [9.17, 15) is 4.79 Å². The van der Waals surface area contributed by atoms with Crippen molar-refractivity contribution in [2.45, 2.75) is 25.7 Å². The molecule has 5 rings (SSSR count). The first-order valence-electron chi connectivity index (χ1n) is 12.5. The number of urea groups is 1. The topological polar surface area (TPSA) is 101 Å². The number of carbonyl (C=O) groups excluding carboxylic acids is 1. The molecule has 188 valence electrons. The molecule has 2 amide bonds. The van der Waals surface area contributed by atoms with Gasteiger partial charge in [0.15, 0.2) is 0 Å². The average molecular weight is 494 g/mol. The summed E-state index contributed by atoms with van der Waals surface area (Å²) in [6.07, 6.45) is 11.2. The highest BCUT2D eigenvalue weighted by Gasteiger charge is 2.28. The summed E-state index contributed by atoms with van der Waals surface area (Å²) in [5.74, 6) is 1.55. The standard InChI is InChI=1S/C29H31N7O/c1-4-31-29(37)35-15-12-22(13-16-35)28-34-25(26-27(30)32-14-17-36(26)28)23-11-10-19(2)24(18-23)33-20(3)21-8-6-5-7-9-21/h5-11,14,17-18,22H,2-4,12-13,15-16H2,1H3,(H2,30,32)(H,31,37)/b33-24-. The van der Waals surface area contributed by atoms with Crippen LogP contribution in [0.5, 0.6) is 0 Å². The summed E-state index contributed by atoms with van der Waals surface area (Å²) in [4.78, 5) is 28.3. The van der Waals surface area contributed by atoms with Crippen LogP contribution in [-0.2, 0) is 0 Å². The molecule has 3 heterocycles. The van der Waals surface area contributed by atoms with Gasteiger partial charge in [-0.05, 0) is 37.0 Å². The number of carbonyl (C=O) groups is 1. The first kappa shape index (κ1) is 24.2. The zero-order valence-corrected chi connectivity index (χ0v) is 21.0. The summed E-state index contributed by atoms with van der Waals surface area (Å²) in [7, 11) is 0. The van der Waals surface area contributed by atoms with E-state index >= 15 is 0 Å². The summed E-state index contributed by atoms with van der Waals surface area (Å²) >= 11 is 0. The Morgan fingerprint density at radius 2 is 1.97 bits per heavy atom. The second-order valence-electron chi connectivity index (χ2n) is 9.21. The molecule has 0 radical (unpaired) electrons. The zero-order chi connectivity index (χ0) is 25.9. The largest absolute Gasteiger partial charge is 0.382 e. The van der Waals surface area contributed by atoms with Crippen molar-refractivity contribution in [3.05, 3.63) is 96.8 Å². The van der Waals surface area contributed by atoms with Gasteiger partial charge in [-0.25, -0.2) is 19.8 Å². The number of aliphatic imine (C=N–C) groups is 1. The van der Waals surface area contributed by atoms with Crippen LogP contribution in [0.1, 0.15) is 42.8 Å². The van der Waals surface area contributed by atoms with Gasteiger partial charge in [0, 0.05) is 43.5 Å². The highest BCUT2D eigenvalue weighted by molar-refractivity contribution is 6.18. The lowest BCUT2D eigenvalue weighted by Gasteiger charge is -2.31. The molecule has 37 heavy (non-hydrogen) atoms. The maximum absolute atomic E-state index is 12.3. The summed E-state index contributed by atoms with van der Waals surface area (Å²) in [5.41, 5.74) is 11.9. The fourth-order valence-electron chi connectivity index (χ4n) is 4.84. The maximum atomic E-state index is 12.3. The van der Waals surface area contributed by atoms with Crippen molar-refractivity contribution in [1.29, 1.82) is 0 Å². The van der Waals surface area contributed by atoms with Crippen LogP contribution in [-0.4, -0.2) is 50.6 Å². The van der Waals surface area contributed by atoms with E-state index in [-0.39, 0.29) is 11.9 Å². The van der Waals surface area contributed by atoms with Crippen molar-refractivity contribution in [3.8, 4) is 0 Å². The van der Waals surface area contributed by atoms with E-state index in [0.29, 0.717) is 31.1 Å². The number of hydrogen-bond donors (Lipinski definition) is 2. The number of hydrogen-bond acceptors (Lipinski definition) is 5. The summed E-state index contributed by atoms with van der Waals surface area (Å²) in [5, 5.41) is 2.89. The minimum atomic E-state index is -0.00954. The fraction of sp³-hybridized carbons (Fsp3) is 0.241. The molecule has 1 saturated heterocycles. The number of anilines is 1. The monoisotopic (exact) mass is 493 g/mol. The first-order chi connectivity index (χ1) is 18.0. The molecule has 3 N–H and O–H groups in total. The third-order valence-corrected chi connectivity index (χ3v) is 6.81. The molecule has 2 aliphatic rings. The lowest BCUT2D eigenvalue weighted by molar-refractivity contribution is 0.181. The lowest BCUT2D eigenvalue weighted by Crippen LogP contribution is -2.44. The Balaban J connectivity index is 1.49. The first-order valence-corrected chi connectivity index (χ1v) is 12.5. The Hall–Kier alpha value is -4.46. The third-order valence-electron chi connectivity index (χ3n) is 6.81. The van der Waals surface area contributed by atoms with Crippen LogP contribution in [0.25, 0.3) is 16.8 Å². The van der Waals surface area contributed by atoms with Gasteiger partial charge in [-0.2, -0.15) is 0 Å². The van der Waals surface area contributed by atoms with E-state index in [2.05, 4.69) is 23.5 Å². The van der Waals surface area contributed by atoms with Crippen molar-refractivity contribution >= 4 is 34.3 Å². The van der Waals surface area contributed by atoms with E-state index in [1.54, 1.807) is 6.20 Å². The Kier molecular flexibility index (Phi) is 6.72. The minimum absolute atomic E-state index is 0.00954. The van der Waals surface area contributed by atoms with Crippen LogP contribution < -0.4 is 11.1 Å². The smallest absolute Gasteiger partial charge is 0.317 e. The number of nitrogens with one attached hydrogen (secondary N) is 1. The number of nitrogens with zero attached hydrogens (tertiary/aromatic N) is 5. The fourth-order valence-corrected chi connectivity index (χ4v) is 4.84. The van der Waals surface area contributed by atoms with Crippen LogP contribution in [0, 0.1) is 0 Å². The average Bonchev–Trinajstić information content (AvgIpc) is 3.31. The van der Waals surface area contributed by atoms with Crippen molar-refractivity contribution in [1.82, 2.24) is 24.6 Å². The number of aromatic nitrogens is 3. The van der Waals surface area contributed by atoms with Gasteiger partial charge < -0.3 is 16.0 Å². The molecule has 1 aliphatic heterocycles. The van der Waals surface area contributed by atoms with E-state index < -0.39 is 0 Å². The molecule has 8 heteroatoms. The number of rotatable bonds is 5. The SMILES string of the molecule is C=C1C=CC(c2nc(C3CCN(C(=O)NCC)CC3)n3ccnc(N)c23)=C/C1=N/C(=C)c1ccccc1. The number of likely N-dealkylation sites (tertiary alicyclic amines) is 1. The van der Waals surface area contributed by atoms with Crippen LogP contribution in [0.2, 0.25) is 0 Å². The summed E-state index contributed by atoms with van der Waals surface area (Å²) in [6.45, 7) is 12.2. The molecule has 0 atom stereocenters. The Bertz CT molecular complexity index is 1450. The van der Waals surface area contributed by atoms with E-state index in [1.807, 2.05) is 71.0 Å². The Morgan fingerprint density at radius 1 is 1.22 bits per heavy atom. The molecule has 0 unspecified atom stereocenters. The van der Waals surface area contributed by atoms with E-state index in [4.69, 9.17) is 15.7 Å². The summed E-state index contributed by atoms with van der Waals surface area (Å²) < 4.78 is 2.04. The zero-order valence-electron chi connectivity index (χ0n) is 21.0. The van der Waals surface area contributed by atoms with Crippen LogP contribution in [0.4, 0.5) is 10.6 Å². The number of nitrogen functional groups attached to an aromatic ring is 1. The number of nitrogens with two attached hydrogens (primary N) is 1. The number of fused-ring (bicyclic) bond motifs is 1. The van der Waals surface area contributed by atoms with Crippen molar-refractivity contribution < 1.29 is 4.79 Å². The predicted molar refractivity (Wildman–Crippen MR) is 149 cm³/mol. The molecule has 0 spiro atoms. The molecule has 3 aromatic rings. The minimum Gasteiger partial charge on any atom is -0.382 e. The number of piperidine rings is 1.